The normalized spacial score (nSPS) is 10.2. The lowest BCUT2D eigenvalue weighted by molar-refractivity contribution is -0.385. The molecule has 1 N–H and O–H groups in total. The molecule has 106 valence electrons. The first-order chi connectivity index (χ1) is 9.20. The number of methoxy groups -OCH3 is 2. The fourth-order valence-electron chi connectivity index (χ4n) is 1.29. The maximum Gasteiger partial charge on any atom is 0.372 e. The van der Waals surface area contributed by atoms with Gasteiger partial charge in [0.15, 0.2) is 0 Å². The van der Waals surface area contributed by atoms with E-state index in [0.717, 1.165) is 0 Å². The molecule has 9 heteroatoms. The number of ether oxygens (including phenoxy) is 3. The van der Waals surface area contributed by atoms with Gasteiger partial charge >= 0.3 is 5.69 Å². The summed E-state index contributed by atoms with van der Waals surface area (Å²) in [5, 5.41) is 13.7. The van der Waals surface area contributed by atoms with Gasteiger partial charge in [-0.1, -0.05) is 0 Å². The fraction of sp³-hybridized carbons (Fsp3) is 0.600. The van der Waals surface area contributed by atoms with Gasteiger partial charge in [0.25, 0.3) is 5.88 Å². The predicted octanol–water partition coefficient (Wildman–Crippen LogP) is 0.468. The smallest absolute Gasteiger partial charge is 0.372 e. The number of nitro groups is 1. The quantitative estimate of drug-likeness (QED) is 0.392. The van der Waals surface area contributed by atoms with Gasteiger partial charge in [0.05, 0.1) is 31.9 Å². The third-order valence-electron chi connectivity index (χ3n) is 2.14. The van der Waals surface area contributed by atoms with E-state index >= 15 is 0 Å². The largest absolute Gasteiger partial charge is 0.476 e. The second-order valence-electron chi connectivity index (χ2n) is 3.37. The summed E-state index contributed by atoms with van der Waals surface area (Å²) in [5.41, 5.74) is -0.290. The predicted molar refractivity (Wildman–Crippen MR) is 66.4 cm³/mol. The average Bonchev–Trinajstić information content (AvgIpc) is 2.42. The Balaban J connectivity index is 2.55. The van der Waals surface area contributed by atoms with Gasteiger partial charge in [0, 0.05) is 13.7 Å². The Labute approximate surface area is 110 Å². The lowest BCUT2D eigenvalue weighted by Gasteiger charge is -2.08. The van der Waals surface area contributed by atoms with Crippen molar-refractivity contribution < 1.29 is 19.1 Å². The maximum absolute atomic E-state index is 10.9. The van der Waals surface area contributed by atoms with E-state index in [0.29, 0.717) is 26.4 Å². The minimum absolute atomic E-state index is 0.0807. The summed E-state index contributed by atoms with van der Waals surface area (Å²) >= 11 is 0. The van der Waals surface area contributed by atoms with E-state index in [-0.39, 0.29) is 17.4 Å². The minimum atomic E-state index is -0.590. The van der Waals surface area contributed by atoms with E-state index in [2.05, 4.69) is 15.3 Å². The highest BCUT2D eigenvalue weighted by molar-refractivity contribution is 5.60. The Hall–Kier alpha value is -2.00. The van der Waals surface area contributed by atoms with Crippen LogP contribution in [0.3, 0.4) is 0 Å². The van der Waals surface area contributed by atoms with Crippen molar-refractivity contribution in [2.45, 2.75) is 0 Å². The van der Waals surface area contributed by atoms with Crippen molar-refractivity contribution in [2.24, 2.45) is 0 Å². The number of nitrogens with one attached hydrogen (secondary N) is 1. The van der Waals surface area contributed by atoms with Crippen LogP contribution in [-0.2, 0) is 9.47 Å². The molecule has 9 nitrogen and oxygen atoms in total. The minimum Gasteiger partial charge on any atom is -0.476 e. The molecule has 0 atom stereocenters. The van der Waals surface area contributed by atoms with Crippen LogP contribution in [-0.4, -0.2) is 55.5 Å². The Morgan fingerprint density at radius 3 is 2.74 bits per heavy atom. The van der Waals surface area contributed by atoms with E-state index in [1.165, 1.54) is 13.4 Å². The molecule has 1 aromatic heterocycles. The average molecular weight is 272 g/mol. The highest BCUT2D eigenvalue weighted by Crippen LogP contribution is 2.29. The fourth-order valence-corrected chi connectivity index (χ4v) is 1.29. The van der Waals surface area contributed by atoms with Crippen LogP contribution >= 0.6 is 0 Å². The molecule has 1 heterocycles. The van der Waals surface area contributed by atoms with E-state index in [9.17, 15) is 10.1 Å². The van der Waals surface area contributed by atoms with Crippen LogP contribution in [0, 0.1) is 10.1 Å². The molecule has 0 amide bonds. The molecule has 0 aliphatic rings. The van der Waals surface area contributed by atoms with Gasteiger partial charge in [-0.25, -0.2) is 4.98 Å². The molecule has 0 fully saturated rings. The van der Waals surface area contributed by atoms with E-state index in [1.54, 1.807) is 7.11 Å². The third kappa shape index (κ3) is 4.64. The summed E-state index contributed by atoms with van der Waals surface area (Å²) in [4.78, 5) is 17.8. The van der Waals surface area contributed by atoms with Crippen LogP contribution in [0.2, 0.25) is 0 Å². The first kappa shape index (κ1) is 15.1. The topological polar surface area (TPSA) is 109 Å². The van der Waals surface area contributed by atoms with Gasteiger partial charge in [-0.05, 0) is 0 Å². The molecule has 0 saturated carbocycles. The Morgan fingerprint density at radius 1 is 1.32 bits per heavy atom. The molecule has 0 aliphatic heterocycles. The van der Waals surface area contributed by atoms with Crippen LogP contribution in [0.4, 0.5) is 11.5 Å². The van der Waals surface area contributed by atoms with E-state index in [1.807, 2.05) is 0 Å². The third-order valence-corrected chi connectivity index (χ3v) is 2.14. The molecule has 19 heavy (non-hydrogen) atoms. The van der Waals surface area contributed by atoms with Gasteiger partial charge in [-0.3, -0.25) is 10.1 Å². The van der Waals surface area contributed by atoms with Crippen LogP contribution in [0.1, 0.15) is 0 Å². The zero-order chi connectivity index (χ0) is 14.1. The van der Waals surface area contributed by atoms with Crippen molar-refractivity contribution in [1.82, 2.24) is 9.97 Å². The molecule has 0 spiro atoms. The highest BCUT2D eigenvalue weighted by atomic mass is 16.6. The van der Waals surface area contributed by atoms with Crippen molar-refractivity contribution in [3.05, 3.63) is 16.4 Å². The Bertz CT molecular complexity index is 415. The number of aromatic nitrogens is 2. The van der Waals surface area contributed by atoms with E-state index < -0.39 is 4.92 Å². The standard InChI is InChI=1S/C10H16N4O5/c1-17-5-6-19-4-3-11-9-8(14(15)16)10(18-2)13-7-12-9/h7H,3-6H2,1-2H3,(H,11,12,13). The molecule has 0 aromatic carbocycles. The molecule has 1 aromatic rings. The molecule has 0 radical (unpaired) electrons. The summed E-state index contributed by atoms with van der Waals surface area (Å²) < 4.78 is 14.9. The van der Waals surface area contributed by atoms with Crippen LogP contribution in [0.5, 0.6) is 5.88 Å². The summed E-state index contributed by atoms with van der Waals surface area (Å²) in [5.74, 6) is 0.0231. The van der Waals surface area contributed by atoms with Crippen molar-refractivity contribution in [2.75, 3.05) is 45.9 Å². The van der Waals surface area contributed by atoms with Gasteiger partial charge in [-0.2, -0.15) is 4.98 Å². The second kappa shape index (κ2) is 8.16. The number of anilines is 1. The lowest BCUT2D eigenvalue weighted by Crippen LogP contribution is -2.14. The van der Waals surface area contributed by atoms with E-state index in [4.69, 9.17) is 14.2 Å². The summed E-state index contributed by atoms with van der Waals surface area (Å²) in [6.45, 7) is 1.73. The maximum atomic E-state index is 10.9. The Morgan fingerprint density at radius 2 is 2.11 bits per heavy atom. The van der Waals surface area contributed by atoms with Crippen LogP contribution < -0.4 is 10.1 Å². The van der Waals surface area contributed by atoms with Gasteiger partial charge < -0.3 is 19.5 Å². The Kier molecular flexibility index (Phi) is 6.47. The van der Waals surface area contributed by atoms with Crippen LogP contribution in [0.25, 0.3) is 0 Å². The summed E-state index contributed by atoms with van der Waals surface area (Å²) in [6.07, 6.45) is 1.19. The molecule has 0 unspecified atom stereocenters. The molecule has 0 saturated heterocycles. The zero-order valence-corrected chi connectivity index (χ0v) is 10.8. The van der Waals surface area contributed by atoms with Crippen LogP contribution in [0.15, 0.2) is 6.33 Å². The zero-order valence-electron chi connectivity index (χ0n) is 10.8. The molecule has 0 bridgehead atoms. The van der Waals surface area contributed by atoms with Gasteiger partial charge in [0.2, 0.25) is 5.82 Å². The number of hydrogen-bond donors (Lipinski definition) is 1. The lowest BCUT2D eigenvalue weighted by atomic mass is 10.4. The first-order valence-electron chi connectivity index (χ1n) is 5.54. The van der Waals surface area contributed by atoms with Gasteiger partial charge in [-0.15, -0.1) is 0 Å². The van der Waals surface area contributed by atoms with Gasteiger partial charge in [0.1, 0.15) is 6.33 Å². The number of rotatable bonds is 9. The molecule has 1 rings (SSSR count). The number of nitrogens with zero attached hydrogens (tertiary/aromatic N) is 3. The van der Waals surface area contributed by atoms with Crippen molar-refractivity contribution in [1.29, 1.82) is 0 Å². The molecule has 0 aliphatic carbocycles. The monoisotopic (exact) mass is 272 g/mol. The second-order valence-corrected chi connectivity index (χ2v) is 3.37. The first-order valence-corrected chi connectivity index (χ1v) is 5.54. The summed E-state index contributed by atoms with van der Waals surface area (Å²) in [7, 11) is 2.89. The SMILES string of the molecule is COCCOCCNc1ncnc(OC)c1[N+](=O)[O-]. The number of hydrogen-bond acceptors (Lipinski definition) is 8. The van der Waals surface area contributed by atoms with Crippen molar-refractivity contribution >= 4 is 11.5 Å². The van der Waals surface area contributed by atoms with Crippen molar-refractivity contribution in [3.63, 3.8) is 0 Å². The molecular weight excluding hydrogens is 256 g/mol. The molecular formula is C10H16N4O5. The van der Waals surface area contributed by atoms with Crippen molar-refractivity contribution in [3.8, 4) is 5.88 Å². The highest BCUT2D eigenvalue weighted by Gasteiger charge is 2.23. The summed E-state index contributed by atoms with van der Waals surface area (Å²) in [6, 6.07) is 0.